The van der Waals surface area contributed by atoms with Crippen molar-refractivity contribution in [1.29, 1.82) is 0 Å². The molecule has 0 aliphatic heterocycles. The van der Waals surface area contributed by atoms with Crippen LogP contribution in [0.4, 0.5) is 0 Å². The van der Waals surface area contributed by atoms with Crippen LogP contribution in [0.1, 0.15) is 0 Å². The number of hydrogen-bond donors (Lipinski definition) is 1. The molecule has 1 heterocycles. The molecule has 7 heteroatoms. The molecular formula is C16H13ClN2O3S. The number of aromatic nitrogens is 2. The second-order valence-corrected chi connectivity index (χ2v) is 5.62. The quantitative estimate of drug-likeness (QED) is 0.733. The molecule has 0 aliphatic carbocycles. The molecule has 0 atom stereocenters. The lowest BCUT2D eigenvalue weighted by Crippen LogP contribution is -2.21. The highest BCUT2D eigenvalue weighted by molar-refractivity contribution is 7.71. The van der Waals surface area contributed by atoms with Gasteiger partial charge in [-0.05, 0) is 42.5 Å². The van der Waals surface area contributed by atoms with Gasteiger partial charge >= 0.3 is 0 Å². The largest absolute Gasteiger partial charge is 0.497 e. The smallest absolute Gasteiger partial charge is 0.266 e. The second-order valence-electron chi connectivity index (χ2n) is 4.80. The average molecular weight is 349 g/mol. The predicted molar refractivity (Wildman–Crippen MR) is 92.8 cm³/mol. The number of benzene rings is 2. The lowest BCUT2D eigenvalue weighted by molar-refractivity contribution is 0.393. The number of ether oxygens (including phenoxy) is 2. The number of nitrogens with zero attached hydrogens (tertiary/aromatic N) is 1. The summed E-state index contributed by atoms with van der Waals surface area (Å²) in [5.41, 5.74) is 0.886. The van der Waals surface area contributed by atoms with Gasteiger partial charge in [0, 0.05) is 11.1 Å². The third kappa shape index (κ3) is 2.71. The first-order chi connectivity index (χ1) is 11.0. The standard InChI is InChI=1S/C16H13ClN2O3S/c1-21-10-4-6-13(14(8-10)22-2)19-15(20)11-5-3-9(17)7-12(11)18-16(19)23/h3-8H,1-2H3,(H,18,23). The molecule has 23 heavy (non-hydrogen) atoms. The zero-order valence-electron chi connectivity index (χ0n) is 12.4. The molecule has 2 aromatic carbocycles. The highest BCUT2D eigenvalue weighted by Gasteiger charge is 2.13. The first-order valence-corrected chi connectivity index (χ1v) is 7.51. The van der Waals surface area contributed by atoms with Gasteiger partial charge in [0.15, 0.2) is 4.77 Å². The summed E-state index contributed by atoms with van der Waals surface area (Å²) in [6.07, 6.45) is 0. The average Bonchev–Trinajstić information content (AvgIpc) is 2.54. The van der Waals surface area contributed by atoms with Crippen molar-refractivity contribution in [2.75, 3.05) is 14.2 Å². The Morgan fingerprint density at radius 3 is 2.61 bits per heavy atom. The normalized spacial score (nSPS) is 10.7. The van der Waals surface area contributed by atoms with Crippen LogP contribution in [0.15, 0.2) is 41.2 Å². The molecule has 3 aromatic rings. The molecule has 5 nitrogen and oxygen atoms in total. The Bertz CT molecular complexity index is 1010. The molecule has 0 radical (unpaired) electrons. The van der Waals surface area contributed by atoms with Crippen LogP contribution >= 0.6 is 23.8 Å². The number of fused-ring (bicyclic) bond motifs is 1. The summed E-state index contributed by atoms with van der Waals surface area (Å²) >= 11 is 11.3. The Hall–Kier alpha value is -2.31. The molecule has 0 bridgehead atoms. The number of rotatable bonds is 3. The highest BCUT2D eigenvalue weighted by Crippen LogP contribution is 2.27. The number of aromatic amines is 1. The van der Waals surface area contributed by atoms with Gasteiger partial charge < -0.3 is 14.5 Å². The van der Waals surface area contributed by atoms with E-state index in [2.05, 4.69) is 4.98 Å². The number of methoxy groups -OCH3 is 2. The molecule has 0 aliphatic rings. The van der Waals surface area contributed by atoms with E-state index < -0.39 is 0 Å². The SMILES string of the molecule is COc1ccc(-n2c(=S)[nH]c3cc(Cl)ccc3c2=O)c(OC)c1. The first kappa shape index (κ1) is 15.6. The van der Waals surface area contributed by atoms with Crippen molar-refractivity contribution in [3.8, 4) is 17.2 Å². The summed E-state index contributed by atoms with van der Waals surface area (Å²) in [5, 5.41) is 1.02. The van der Waals surface area contributed by atoms with E-state index in [-0.39, 0.29) is 10.3 Å². The van der Waals surface area contributed by atoms with Crippen LogP contribution in [-0.2, 0) is 0 Å². The third-order valence-corrected chi connectivity index (χ3v) is 4.01. The third-order valence-electron chi connectivity index (χ3n) is 3.49. The summed E-state index contributed by atoms with van der Waals surface area (Å²) in [4.78, 5) is 15.9. The Labute approximate surface area is 142 Å². The van der Waals surface area contributed by atoms with Gasteiger partial charge in [-0.1, -0.05) is 11.6 Å². The summed E-state index contributed by atoms with van der Waals surface area (Å²) in [5.74, 6) is 1.11. The maximum Gasteiger partial charge on any atom is 0.266 e. The summed E-state index contributed by atoms with van der Waals surface area (Å²) < 4.78 is 12.2. The van der Waals surface area contributed by atoms with Crippen molar-refractivity contribution in [3.05, 3.63) is 56.5 Å². The van der Waals surface area contributed by atoms with E-state index >= 15 is 0 Å². The van der Waals surface area contributed by atoms with E-state index in [9.17, 15) is 4.79 Å². The van der Waals surface area contributed by atoms with Crippen LogP contribution in [0.3, 0.4) is 0 Å². The highest BCUT2D eigenvalue weighted by atomic mass is 35.5. The Kier molecular flexibility index (Phi) is 4.11. The van der Waals surface area contributed by atoms with Crippen molar-refractivity contribution in [2.24, 2.45) is 0 Å². The lowest BCUT2D eigenvalue weighted by atomic mass is 10.2. The van der Waals surface area contributed by atoms with E-state index in [1.54, 1.807) is 43.5 Å². The number of halogens is 1. The van der Waals surface area contributed by atoms with Gasteiger partial charge in [-0.3, -0.25) is 4.79 Å². The van der Waals surface area contributed by atoms with Gasteiger partial charge in [0.25, 0.3) is 5.56 Å². The fourth-order valence-electron chi connectivity index (χ4n) is 2.38. The zero-order chi connectivity index (χ0) is 16.6. The van der Waals surface area contributed by atoms with Gasteiger partial charge in [0.2, 0.25) is 0 Å². The van der Waals surface area contributed by atoms with Gasteiger partial charge in [-0.2, -0.15) is 0 Å². The topological polar surface area (TPSA) is 56.2 Å². The van der Waals surface area contributed by atoms with Crippen LogP contribution in [0.25, 0.3) is 16.6 Å². The molecule has 1 aromatic heterocycles. The molecule has 1 N–H and O–H groups in total. The Morgan fingerprint density at radius 2 is 1.91 bits per heavy atom. The molecule has 0 saturated carbocycles. The Morgan fingerprint density at radius 1 is 1.13 bits per heavy atom. The van der Waals surface area contributed by atoms with E-state index in [0.29, 0.717) is 33.1 Å². The number of H-pyrrole nitrogens is 1. The van der Waals surface area contributed by atoms with Crippen LogP contribution in [0.5, 0.6) is 11.5 Å². The Balaban J connectivity index is 2.35. The monoisotopic (exact) mass is 348 g/mol. The van der Waals surface area contributed by atoms with Gasteiger partial charge in [0.05, 0.1) is 30.8 Å². The molecule has 0 amide bonds. The van der Waals surface area contributed by atoms with Crippen LogP contribution < -0.4 is 15.0 Å². The van der Waals surface area contributed by atoms with E-state index in [0.717, 1.165) is 0 Å². The molecule has 0 unspecified atom stereocenters. The summed E-state index contributed by atoms with van der Waals surface area (Å²) in [6, 6.07) is 10.2. The van der Waals surface area contributed by atoms with Crippen LogP contribution in [0.2, 0.25) is 5.02 Å². The zero-order valence-corrected chi connectivity index (χ0v) is 14.0. The van der Waals surface area contributed by atoms with Crippen molar-refractivity contribution in [2.45, 2.75) is 0 Å². The fourth-order valence-corrected chi connectivity index (χ4v) is 2.84. The molecule has 118 valence electrons. The minimum Gasteiger partial charge on any atom is -0.497 e. The maximum absolute atomic E-state index is 12.8. The van der Waals surface area contributed by atoms with Gasteiger partial charge in [0.1, 0.15) is 11.5 Å². The van der Waals surface area contributed by atoms with Gasteiger partial charge in [-0.25, -0.2) is 4.57 Å². The van der Waals surface area contributed by atoms with Crippen molar-refractivity contribution in [3.63, 3.8) is 0 Å². The molecule has 0 spiro atoms. The van der Waals surface area contributed by atoms with Crippen molar-refractivity contribution in [1.82, 2.24) is 9.55 Å². The fraction of sp³-hybridized carbons (Fsp3) is 0.125. The number of nitrogens with one attached hydrogen (secondary N) is 1. The minimum atomic E-state index is -0.246. The van der Waals surface area contributed by atoms with E-state index in [4.69, 9.17) is 33.3 Å². The molecule has 3 rings (SSSR count). The lowest BCUT2D eigenvalue weighted by Gasteiger charge is -2.13. The molecule has 0 saturated heterocycles. The maximum atomic E-state index is 12.8. The van der Waals surface area contributed by atoms with E-state index in [1.807, 2.05) is 0 Å². The van der Waals surface area contributed by atoms with Crippen LogP contribution in [-0.4, -0.2) is 23.8 Å². The minimum absolute atomic E-state index is 0.246. The van der Waals surface area contributed by atoms with Crippen molar-refractivity contribution < 1.29 is 9.47 Å². The predicted octanol–water partition coefficient (Wildman–Crippen LogP) is 3.72. The summed E-state index contributed by atoms with van der Waals surface area (Å²) in [7, 11) is 3.09. The summed E-state index contributed by atoms with van der Waals surface area (Å²) in [6.45, 7) is 0. The molecule has 0 fully saturated rings. The number of hydrogen-bond acceptors (Lipinski definition) is 4. The first-order valence-electron chi connectivity index (χ1n) is 6.72. The van der Waals surface area contributed by atoms with Crippen LogP contribution in [0, 0.1) is 4.77 Å². The van der Waals surface area contributed by atoms with Gasteiger partial charge in [-0.15, -0.1) is 0 Å². The second kappa shape index (κ2) is 6.06. The molecular weight excluding hydrogens is 336 g/mol. The van der Waals surface area contributed by atoms with Crippen molar-refractivity contribution >= 4 is 34.7 Å². The van der Waals surface area contributed by atoms with E-state index in [1.165, 1.54) is 11.7 Å².